The number of carbonyl (C=O) groups is 1. The zero-order chi connectivity index (χ0) is 21.1. The Labute approximate surface area is 183 Å². The van der Waals surface area contributed by atoms with Crippen molar-refractivity contribution in [2.45, 2.75) is 23.5 Å². The summed E-state index contributed by atoms with van der Waals surface area (Å²) in [4.78, 5) is 18.6. The van der Waals surface area contributed by atoms with Gasteiger partial charge in [-0.05, 0) is 66.3 Å². The molecule has 156 valence electrons. The topological polar surface area (TPSA) is 89.5 Å². The van der Waals surface area contributed by atoms with Crippen LogP contribution in [-0.4, -0.2) is 36.8 Å². The maximum absolute atomic E-state index is 12.7. The minimum absolute atomic E-state index is 0.128. The first-order chi connectivity index (χ1) is 14.4. The number of halogens is 1. The summed E-state index contributed by atoms with van der Waals surface area (Å²) in [5, 5.41) is 0.980. The Balaban J connectivity index is 1.50. The molecule has 1 aliphatic heterocycles. The van der Waals surface area contributed by atoms with Crippen molar-refractivity contribution in [2.75, 3.05) is 18.1 Å². The number of ether oxygens (including phenoxy) is 1. The average Bonchev–Trinajstić information content (AvgIpc) is 3.23. The van der Waals surface area contributed by atoms with E-state index in [4.69, 9.17) is 16.3 Å². The van der Waals surface area contributed by atoms with Gasteiger partial charge in [-0.15, -0.1) is 0 Å². The molecule has 10 heteroatoms. The van der Waals surface area contributed by atoms with Gasteiger partial charge in [0.05, 0.1) is 4.90 Å². The highest BCUT2D eigenvalue weighted by Gasteiger charge is 2.25. The number of benzene rings is 2. The highest BCUT2D eigenvalue weighted by molar-refractivity contribution is 7.90. The lowest BCUT2D eigenvalue weighted by Crippen LogP contribution is -2.38. The number of anilines is 1. The molecule has 1 aliphatic rings. The summed E-state index contributed by atoms with van der Waals surface area (Å²) >= 11 is 7.01. The Bertz CT molecular complexity index is 1170. The fourth-order valence-corrected chi connectivity index (χ4v) is 5.64. The van der Waals surface area contributed by atoms with Crippen LogP contribution in [0.1, 0.15) is 17.0 Å². The number of rotatable bonds is 6. The van der Waals surface area contributed by atoms with E-state index in [1.165, 1.54) is 6.33 Å². The van der Waals surface area contributed by atoms with Crippen LogP contribution < -0.4 is 9.64 Å². The summed E-state index contributed by atoms with van der Waals surface area (Å²) in [6.45, 7) is 0.429. The van der Waals surface area contributed by atoms with Gasteiger partial charge in [-0.2, -0.15) is 4.37 Å². The number of aromatic nitrogens is 2. The Hall–Kier alpha value is -2.49. The zero-order valence-electron chi connectivity index (χ0n) is 15.8. The lowest BCUT2D eigenvalue weighted by molar-refractivity contribution is -0.120. The van der Waals surface area contributed by atoms with Gasteiger partial charge < -0.3 is 9.64 Å². The fourth-order valence-electron chi connectivity index (χ4n) is 3.31. The van der Waals surface area contributed by atoms with E-state index < -0.39 is 9.84 Å². The molecule has 30 heavy (non-hydrogen) atoms. The molecule has 0 radical (unpaired) electrons. The van der Waals surface area contributed by atoms with E-state index in [1.807, 2.05) is 0 Å². The highest BCUT2D eigenvalue weighted by Crippen LogP contribution is 2.31. The molecule has 0 N–H and O–H groups in total. The molecule has 7 nitrogen and oxygen atoms in total. The number of carbonyl (C=O) groups excluding carboxylic acids is 1. The van der Waals surface area contributed by atoms with Crippen LogP contribution in [0.15, 0.2) is 53.7 Å². The first-order valence-corrected chi connectivity index (χ1v) is 12.0. The second kappa shape index (κ2) is 8.71. The van der Waals surface area contributed by atoms with E-state index in [0.717, 1.165) is 29.2 Å². The third-order valence-electron chi connectivity index (χ3n) is 4.71. The summed E-state index contributed by atoms with van der Waals surface area (Å²) in [7, 11) is -3.54. The first-order valence-electron chi connectivity index (χ1n) is 9.22. The van der Waals surface area contributed by atoms with Crippen LogP contribution in [0.3, 0.4) is 0 Å². The van der Waals surface area contributed by atoms with E-state index >= 15 is 0 Å². The third-order valence-corrected chi connectivity index (χ3v) is 7.41. The van der Waals surface area contributed by atoms with Crippen LogP contribution in [0, 0.1) is 0 Å². The molecule has 1 aromatic heterocycles. The van der Waals surface area contributed by atoms with Crippen molar-refractivity contribution in [3.8, 4) is 5.75 Å². The first kappa shape index (κ1) is 20.8. The maximum Gasteiger partial charge on any atom is 0.264 e. The summed E-state index contributed by atoms with van der Waals surface area (Å²) in [6.07, 6.45) is 2.80. The number of amides is 1. The van der Waals surface area contributed by atoms with Gasteiger partial charge in [-0.3, -0.25) is 4.79 Å². The lowest BCUT2D eigenvalue weighted by atomic mass is 10.0. The molecule has 0 fully saturated rings. The average molecular weight is 464 g/mol. The van der Waals surface area contributed by atoms with Crippen molar-refractivity contribution in [3.05, 3.63) is 64.4 Å². The molecule has 0 spiro atoms. The van der Waals surface area contributed by atoms with E-state index in [-0.39, 0.29) is 23.2 Å². The van der Waals surface area contributed by atoms with Crippen molar-refractivity contribution >= 4 is 44.6 Å². The quantitative estimate of drug-likeness (QED) is 0.555. The van der Waals surface area contributed by atoms with Gasteiger partial charge in [-0.1, -0.05) is 17.7 Å². The highest BCUT2D eigenvalue weighted by atomic mass is 35.5. The molecular weight excluding hydrogens is 446 g/mol. The molecule has 2 heterocycles. The van der Waals surface area contributed by atoms with Gasteiger partial charge in [-0.25, -0.2) is 13.4 Å². The second-order valence-corrected chi connectivity index (χ2v) is 10.1. The number of sulfone groups is 1. The summed E-state index contributed by atoms with van der Waals surface area (Å²) < 4.78 is 34.8. The smallest absolute Gasteiger partial charge is 0.264 e. The SMILES string of the molecule is O=C(COc1cccc(Cl)c1)N1CCCc2cc(S(=O)(=O)Cc3ncns3)ccc21. The van der Waals surface area contributed by atoms with Crippen LogP contribution >= 0.6 is 23.1 Å². The molecule has 1 amide bonds. The summed E-state index contributed by atoms with van der Waals surface area (Å²) in [6, 6.07) is 11.8. The Kier molecular flexibility index (Phi) is 6.03. The van der Waals surface area contributed by atoms with E-state index in [0.29, 0.717) is 28.7 Å². The maximum atomic E-state index is 12.7. The molecule has 4 rings (SSSR count). The van der Waals surface area contributed by atoms with E-state index in [1.54, 1.807) is 47.4 Å². The molecule has 0 bridgehead atoms. The minimum atomic E-state index is -3.54. The molecule has 0 saturated carbocycles. The summed E-state index contributed by atoms with van der Waals surface area (Å²) in [5.74, 6) is 0.138. The zero-order valence-corrected chi connectivity index (χ0v) is 18.2. The molecule has 0 atom stereocenters. The van der Waals surface area contributed by atoms with Gasteiger partial charge >= 0.3 is 0 Å². The third kappa shape index (κ3) is 4.63. The number of nitrogens with zero attached hydrogens (tertiary/aromatic N) is 3. The normalized spacial score (nSPS) is 13.7. The molecule has 0 saturated heterocycles. The molecule has 0 aliphatic carbocycles. The molecule has 0 unspecified atom stereocenters. The minimum Gasteiger partial charge on any atom is -0.484 e. The van der Waals surface area contributed by atoms with Crippen LogP contribution in [0.25, 0.3) is 0 Å². The lowest BCUT2D eigenvalue weighted by Gasteiger charge is -2.29. The van der Waals surface area contributed by atoms with Gasteiger partial charge in [0.15, 0.2) is 16.4 Å². The number of fused-ring (bicyclic) bond motifs is 1. The van der Waals surface area contributed by atoms with Gasteiger partial charge in [0.1, 0.15) is 22.8 Å². The van der Waals surface area contributed by atoms with Crippen LogP contribution in [0.5, 0.6) is 5.75 Å². The van der Waals surface area contributed by atoms with E-state index in [2.05, 4.69) is 9.36 Å². The van der Waals surface area contributed by atoms with E-state index in [9.17, 15) is 13.2 Å². The van der Waals surface area contributed by atoms with Crippen molar-refractivity contribution < 1.29 is 17.9 Å². The monoisotopic (exact) mass is 463 g/mol. The van der Waals surface area contributed by atoms with Crippen molar-refractivity contribution in [1.82, 2.24) is 9.36 Å². The molecule has 2 aromatic carbocycles. The van der Waals surface area contributed by atoms with Gasteiger partial charge in [0.25, 0.3) is 5.91 Å². The summed E-state index contributed by atoms with van der Waals surface area (Å²) in [5.41, 5.74) is 1.55. The van der Waals surface area contributed by atoms with Crippen LogP contribution in [0.4, 0.5) is 5.69 Å². The second-order valence-electron chi connectivity index (χ2n) is 6.78. The Morgan fingerprint density at radius 3 is 2.87 bits per heavy atom. The Morgan fingerprint density at radius 2 is 2.10 bits per heavy atom. The van der Waals surface area contributed by atoms with Gasteiger partial charge in [0, 0.05) is 17.3 Å². The predicted octanol–water partition coefficient (Wildman–Crippen LogP) is 3.52. The molecule has 3 aromatic rings. The van der Waals surface area contributed by atoms with Gasteiger partial charge in [0.2, 0.25) is 0 Å². The van der Waals surface area contributed by atoms with Crippen molar-refractivity contribution in [2.24, 2.45) is 0 Å². The van der Waals surface area contributed by atoms with Crippen molar-refractivity contribution in [1.29, 1.82) is 0 Å². The number of hydrogen-bond donors (Lipinski definition) is 0. The number of aryl methyl sites for hydroxylation is 1. The Morgan fingerprint density at radius 1 is 1.23 bits per heavy atom. The standard InChI is InChI=1S/C20H18ClN3O4S2/c21-15-4-1-5-16(10-15)28-11-20(25)24-8-2-3-14-9-17(6-7-18(14)24)30(26,27)12-19-22-13-23-29-19/h1,4-7,9-10,13H,2-3,8,11-12H2. The number of hydrogen-bond acceptors (Lipinski definition) is 7. The van der Waals surface area contributed by atoms with Crippen LogP contribution in [0.2, 0.25) is 5.02 Å². The largest absolute Gasteiger partial charge is 0.484 e. The van der Waals surface area contributed by atoms with Crippen LogP contribution in [-0.2, 0) is 26.8 Å². The predicted molar refractivity (Wildman–Crippen MR) is 115 cm³/mol. The van der Waals surface area contributed by atoms with Crippen molar-refractivity contribution in [3.63, 3.8) is 0 Å². The molecular formula is C20H18ClN3O4S2. The fraction of sp³-hybridized carbons (Fsp3) is 0.250.